The Bertz CT molecular complexity index is 1580. The van der Waals surface area contributed by atoms with Crippen molar-refractivity contribution in [2.45, 2.75) is 24.8 Å². The average Bonchev–Trinajstić information content (AvgIpc) is 3.32. The highest BCUT2D eigenvalue weighted by atomic mass is 35.5. The molecule has 0 radical (unpaired) electrons. The predicted molar refractivity (Wildman–Crippen MR) is 149 cm³/mol. The van der Waals surface area contributed by atoms with Crippen molar-refractivity contribution in [1.82, 2.24) is 14.8 Å². The van der Waals surface area contributed by atoms with Gasteiger partial charge in [0.05, 0.1) is 19.3 Å². The molecule has 2 amide bonds. The molecule has 194 valence electrons. The average molecular weight is 548 g/mol. The summed E-state index contributed by atoms with van der Waals surface area (Å²) in [6.07, 6.45) is 0.522. The van der Waals surface area contributed by atoms with Crippen molar-refractivity contribution in [1.29, 1.82) is 0 Å². The molecule has 0 aliphatic carbocycles. The standard InChI is InChI=1S/C30H27Cl2N3O3/c1-30-28-27(21-8-3-5-9-24(21)33-28)22(20-7-4-6-10-25(20)38-2)16-35(30)26(36)17-34(29(30)37)14-13-18-11-12-19(31)15-23(18)32/h3-12,15,22,33H,13-14,16-17H2,1-2H3/t22?,30-/m0/s1. The second-order valence-corrected chi connectivity index (χ2v) is 10.9. The Balaban J connectivity index is 1.44. The number of H-pyrrole nitrogens is 1. The molecule has 1 unspecified atom stereocenters. The van der Waals surface area contributed by atoms with Crippen molar-refractivity contribution < 1.29 is 14.3 Å². The van der Waals surface area contributed by atoms with Gasteiger partial charge in [-0.2, -0.15) is 0 Å². The zero-order valence-corrected chi connectivity index (χ0v) is 22.6. The summed E-state index contributed by atoms with van der Waals surface area (Å²) in [7, 11) is 1.66. The molecule has 4 aromatic rings. The van der Waals surface area contributed by atoms with Crippen LogP contribution in [-0.2, 0) is 21.5 Å². The Kier molecular flexibility index (Phi) is 6.12. The van der Waals surface area contributed by atoms with Gasteiger partial charge >= 0.3 is 0 Å². The monoisotopic (exact) mass is 547 g/mol. The summed E-state index contributed by atoms with van der Waals surface area (Å²) in [5.41, 5.74) is 3.44. The van der Waals surface area contributed by atoms with Gasteiger partial charge in [0.2, 0.25) is 5.91 Å². The fourth-order valence-electron chi connectivity index (χ4n) is 6.07. The van der Waals surface area contributed by atoms with Crippen LogP contribution in [0.4, 0.5) is 0 Å². The number of hydrogen-bond donors (Lipinski definition) is 1. The minimum atomic E-state index is -1.16. The molecule has 0 bridgehead atoms. The summed E-state index contributed by atoms with van der Waals surface area (Å²) >= 11 is 12.4. The molecule has 0 spiro atoms. The first-order valence-corrected chi connectivity index (χ1v) is 13.4. The maximum Gasteiger partial charge on any atom is 0.254 e. The van der Waals surface area contributed by atoms with E-state index in [4.69, 9.17) is 27.9 Å². The number of fused-ring (bicyclic) bond motifs is 5. The van der Waals surface area contributed by atoms with E-state index in [2.05, 4.69) is 11.1 Å². The number of piperazine rings is 1. The molecule has 2 aliphatic rings. The summed E-state index contributed by atoms with van der Waals surface area (Å²) in [6, 6.07) is 21.3. The summed E-state index contributed by atoms with van der Waals surface area (Å²) < 4.78 is 5.71. The van der Waals surface area contributed by atoms with Gasteiger partial charge in [0.15, 0.2) is 5.54 Å². The lowest BCUT2D eigenvalue weighted by atomic mass is 9.76. The van der Waals surface area contributed by atoms with Crippen LogP contribution in [0.25, 0.3) is 10.9 Å². The zero-order valence-electron chi connectivity index (χ0n) is 21.1. The van der Waals surface area contributed by atoms with Gasteiger partial charge in [0.1, 0.15) is 5.75 Å². The van der Waals surface area contributed by atoms with E-state index in [0.29, 0.717) is 29.6 Å². The van der Waals surface area contributed by atoms with Crippen molar-refractivity contribution >= 4 is 45.9 Å². The van der Waals surface area contributed by atoms with Gasteiger partial charge in [0, 0.05) is 45.5 Å². The van der Waals surface area contributed by atoms with Crippen molar-refractivity contribution in [3.05, 3.63) is 99.2 Å². The number of aromatic amines is 1. The maximum absolute atomic E-state index is 14.2. The number of methoxy groups -OCH3 is 1. The van der Waals surface area contributed by atoms with Crippen LogP contribution in [0.2, 0.25) is 10.0 Å². The van der Waals surface area contributed by atoms with Crippen LogP contribution in [0.15, 0.2) is 66.7 Å². The van der Waals surface area contributed by atoms with Crippen LogP contribution < -0.4 is 4.74 Å². The number of para-hydroxylation sites is 2. The quantitative estimate of drug-likeness (QED) is 0.345. The lowest BCUT2D eigenvalue weighted by Gasteiger charge is -2.51. The molecule has 2 atom stereocenters. The number of nitrogens with zero attached hydrogens (tertiary/aromatic N) is 2. The second-order valence-electron chi connectivity index (χ2n) is 10.0. The van der Waals surface area contributed by atoms with Crippen molar-refractivity contribution in [3.63, 3.8) is 0 Å². The number of benzene rings is 3. The van der Waals surface area contributed by atoms with E-state index < -0.39 is 5.54 Å². The first-order chi connectivity index (χ1) is 18.3. The lowest BCUT2D eigenvalue weighted by molar-refractivity contribution is -0.166. The van der Waals surface area contributed by atoms with Crippen LogP contribution >= 0.6 is 23.2 Å². The Labute approximate surface area is 231 Å². The van der Waals surface area contributed by atoms with Gasteiger partial charge in [-0.3, -0.25) is 9.59 Å². The van der Waals surface area contributed by atoms with Crippen LogP contribution in [0, 0.1) is 0 Å². The number of rotatable bonds is 5. The highest BCUT2D eigenvalue weighted by Gasteiger charge is 2.56. The van der Waals surface area contributed by atoms with E-state index >= 15 is 0 Å². The van der Waals surface area contributed by atoms with E-state index in [0.717, 1.165) is 39.0 Å². The molecule has 6 rings (SSSR count). The van der Waals surface area contributed by atoms with Crippen molar-refractivity contribution in [2.24, 2.45) is 0 Å². The minimum absolute atomic E-state index is 0.0217. The fourth-order valence-corrected chi connectivity index (χ4v) is 6.57. The topological polar surface area (TPSA) is 65.6 Å². The third kappa shape index (κ3) is 3.77. The van der Waals surface area contributed by atoms with Gasteiger partial charge in [-0.15, -0.1) is 0 Å². The van der Waals surface area contributed by atoms with Crippen molar-refractivity contribution in [2.75, 3.05) is 26.7 Å². The molecule has 3 heterocycles. The molecular formula is C30H27Cl2N3O3. The summed E-state index contributed by atoms with van der Waals surface area (Å²) in [5.74, 6) is 0.420. The van der Waals surface area contributed by atoms with Gasteiger partial charge in [-0.1, -0.05) is 65.7 Å². The molecule has 0 saturated carbocycles. The molecule has 1 aromatic heterocycles. The van der Waals surface area contributed by atoms with Crippen LogP contribution in [0.1, 0.15) is 35.2 Å². The molecule has 8 heteroatoms. The van der Waals surface area contributed by atoms with E-state index in [1.54, 1.807) is 29.0 Å². The summed E-state index contributed by atoms with van der Waals surface area (Å²) in [5, 5.41) is 2.16. The highest BCUT2D eigenvalue weighted by molar-refractivity contribution is 6.35. The van der Waals surface area contributed by atoms with Gasteiger partial charge in [0.25, 0.3) is 5.91 Å². The third-order valence-corrected chi connectivity index (χ3v) is 8.58. The molecule has 1 fully saturated rings. The first kappa shape index (κ1) is 24.8. The second kappa shape index (κ2) is 9.37. The van der Waals surface area contributed by atoms with Gasteiger partial charge in [-0.25, -0.2) is 0 Å². The molecular weight excluding hydrogens is 521 g/mol. The zero-order chi connectivity index (χ0) is 26.6. The number of carbonyl (C=O) groups excluding carboxylic acids is 2. The molecule has 1 saturated heterocycles. The normalized spacial score (nSPS) is 21.0. The number of nitrogens with one attached hydrogen (secondary N) is 1. The van der Waals surface area contributed by atoms with E-state index in [1.165, 1.54) is 0 Å². The van der Waals surface area contributed by atoms with Gasteiger partial charge < -0.3 is 19.5 Å². The van der Waals surface area contributed by atoms with Crippen molar-refractivity contribution in [3.8, 4) is 5.75 Å². The molecule has 3 aromatic carbocycles. The van der Waals surface area contributed by atoms with Crippen LogP contribution in [0.3, 0.4) is 0 Å². The third-order valence-electron chi connectivity index (χ3n) is 8.00. The smallest absolute Gasteiger partial charge is 0.254 e. The molecule has 38 heavy (non-hydrogen) atoms. The number of hydrogen-bond acceptors (Lipinski definition) is 3. The van der Waals surface area contributed by atoms with E-state index in [9.17, 15) is 9.59 Å². The Morgan fingerprint density at radius 1 is 1.05 bits per heavy atom. The van der Waals surface area contributed by atoms with Gasteiger partial charge in [-0.05, 0) is 48.7 Å². The number of halogens is 2. The number of ether oxygens (including phenoxy) is 1. The Hall–Kier alpha value is -3.48. The Morgan fingerprint density at radius 2 is 1.82 bits per heavy atom. The van der Waals surface area contributed by atoms with E-state index in [1.807, 2.05) is 55.5 Å². The Morgan fingerprint density at radius 3 is 2.61 bits per heavy atom. The van der Waals surface area contributed by atoms with E-state index in [-0.39, 0.29) is 24.3 Å². The molecule has 2 aliphatic heterocycles. The summed E-state index contributed by atoms with van der Waals surface area (Å²) in [6.45, 7) is 2.64. The maximum atomic E-state index is 14.2. The van der Waals surface area contributed by atoms with Crippen LogP contribution in [0.5, 0.6) is 5.75 Å². The number of carbonyl (C=O) groups is 2. The number of amides is 2. The SMILES string of the molecule is COc1ccccc1C1CN2C(=O)CN(CCc3ccc(Cl)cc3Cl)C(=O)[C@]2(C)c2[nH]c3ccccc3c21. The molecule has 1 N–H and O–H groups in total. The van der Waals surface area contributed by atoms with Crippen LogP contribution in [-0.4, -0.2) is 53.3 Å². The lowest BCUT2D eigenvalue weighted by Crippen LogP contribution is -2.67. The fraction of sp³-hybridized carbons (Fsp3) is 0.267. The predicted octanol–water partition coefficient (Wildman–Crippen LogP) is 5.76. The molecule has 6 nitrogen and oxygen atoms in total. The minimum Gasteiger partial charge on any atom is -0.496 e. The first-order valence-electron chi connectivity index (χ1n) is 12.6. The summed E-state index contributed by atoms with van der Waals surface area (Å²) in [4.78, 5) is 34.9. The highest BCUT2D eigenvalue weighted by Crippen LogP contribution is 2.49. The largest absolute Gasteiger partial charge is 0.496 e. The number of aromatic nitrogens is 1.